The van der Waals surface area contributed by atoms with Crippen molar-refractivity contribution in [2.24, 2.45) is 0 Å². The van der Waals surface area contributed by atoms with Crippen LogP contribution in [0.15, 0.2) is 84.0 Å². The maximum Gasteiger partial charge on any atom is 0.104 e. The minimum absolute atomic E-state index is 0.127. The van der Waals surface area contributed by atoms with Crippen LogP contribution >= 0.6 is 11.8 Å². The second kappa shape index (κ2) is 8.49. The number of thioether (sulfide) groups is 1. The fraction of sp³-hybridized carbons (Fsp3) is 0.227. The molecule has 0 saturated carbocycles. The van der Waals surface area contributed by atoms with Crippen molar-refractivity contribution in [3.8, 4) is 11.1 Å². The highest BCUT2D eigenvalue weighted by atomic mass is 32.2. The van der Waals surface area contributed by atoms with Gasteiger partial charge < -0.3 is 10.1 Å². The minimum atomic E-state index is 0.127. The van der Waals surface area contributed by atoms with E-state index in [9.17, 15) is 0 Å². The van der Waals surface area contributed by atoms with Crippen LogP contribution in [0.5, 0.6) is 0 Å². The lowest BCUT2D eigenvalue weighted by atomic mass is 10.1. The molecule has 4 heteroatoms. The summed E-state index contributed by atoms with van der Waals surface area (Å²) in [5.41, 5.74) is 3.64. The highest BCUT2D eigenvalue weighted by molar-refractivity contribution is 7.99. The number of ether oxygens (including phenoxy) is 1. The van der Waals surface area contributed by atoms with Crippen LogP contribution in [-0.4, -0.2) is 30.8 Å². The molecule has 2 atom stereocenters. The average Bonchev–Trinajstić information content (AvgIpc) is 2.74. The molecule has 1 saturated heterocycles. The maximum atomic E-state index is 6.10. The van der Waals surface area contributed by atoms with Crippen LogP contribution in [0.4, 0.5) is 0 Å². The molecule has 2 heterocycles. The van der Waals surface area contributed by atoms with Gasteiger partial charge in [-0.2, -0.15) is 0 Å². The zero-order valence-corrected chi connectivity index (χ0v) is 15.4. The third-order valence-corrected chi connectivity index (χ3v) is 5.89. The van der Waals surface area contributed by atoms with Gasteiger partial charge in [-0.15, -0.1) is 0 Å². The summed E-state index contributed by atoms with van der Waals surface area (Å²) >= 11 is 1.79. The van der Waals surface area contributed by atoms with Gasteiger partial charge in [0.2, 0.25) is 0 Å². The van der Waals surface area contributed by atoms with Gasteiger partial charge in [-0.25, -0.2) is 4.98 Å². The van der Waals surface area contributed by atoms with E-state index in [0.717, 1.165) is 24.7 Å². The second-order valence-corrected chi connectivity index (χ2v) is 7.41. The van der Waals surface area contributed by atoms with E-state index < -0.39 is 0 Å². The summed E-state index contributed by atoms with van der Waals surface area (Å²) in [6.07, 6.45) is 2.00. The molecular formula is C22H22N2OS. The lowest BCUT2D eigenvalue weighted by Crippen LogP contribution is -2.41. The maximum absolute atomic E-state index is 6.10. The van der Waals surface area contributed by atoms with Crippen molar-refractivity contribution in [1.29, 1.82) is 0 Å². The Bertz CT molecular complexity index is 820. The lowest BCUT2D eigenvalue weighted by molar-refractivity contribution is 0.0273. The molecule has 2 aromatic carbocycles. The van der Waals surface area contributed by atoms with Gasteiger partial charge in [0, 0.05) is 24.8 Å². The first-order valence-corrected chi connectivity index (χ1v) is 9.84. The van der Waals surface area contributed by atoms with E-state index in [2.05, 4.69) is 66.0 Å². The van der Waals surface area contributed by atoms with Crippen molar-refractivity contribution in [2.45, 2.75) is 16.4 Å². The smallest absolute Gasteiger partial charge is 0.104 e. The normalized spacial score (nSPS) is 18.4. The van der Waals surface area contributed by atoms with E-state index in [1.54, 1.807) is 11.8 Å². The summed E-state index contributed by atoms with van der Waals surface area (Å²) in [5.74, 6) is 0. The predicted octanol–water partition coefficient (Wildman–Crippen LogP) is 4.57. The molecule has 26 heavy (non-hydrogen) atoms. The number of hydrogen-bond donors (Lipinski definition) is 1. The Morgan fingerprint density at radius 1 is 0.962 bits per heavy atom. The summed E-state index contributed by atoms with van der Waals surface area (Å²) in [6.45, 7) is 2.53. The minimum Gasteiger partial charge on any atom is -0.374 e. The molecule has 1 aromatic heterocycles. The first-order chi connectivity index (χ1) is 12.9. The van der Waals surface area contributed by atoms with Crippen molar-refractivity contribution in [3.63, 3.8) is 0 Å². The lowest BCUT2D eigenvalue weighted by Gasteiger charge is -2.31. The summed E-state index contributed by atoms with van der Waals surface area (Å²) in [4.78, 5) is 4.70. The number of nitrogens with one attached hydrogen (secondary N) is 1. The zero-order valence-electron chi connectivity index (χ0n) is 14.5. The molecule has 0 bridgehead atoms. The fourth-order valence-electron chi connectivity index (χ4n) is 3.22. The summed E-state index contributed by atoms with van der Waals surface area (Å²) in [5, 5.41) is 4.70. The van der Waals surface area contributed by atoms with Gasteiger partial charge in [-0.3, -0.25) is 0 Å². The number of nitrogens with zero attached hydrogens (tertiary/aromatic N) is 1. The Morgan fingerprint density at radius 2 is 1.73 bits per heavy atom. The molecule has 0 spiro atoms. The number of hydrogen-bond acceptors (Lipinski definition) is 4. The van der Waals surface area contributed by atoms with Crippen LogP contribution in [0.25, 0.3) is 11.1 Å². The van der Waals surface area contributed by atoms with E-state index >= 15 is 0 Å². The molecule has 3 nitrogen and oxygen atoms in total. The molecule has 3 aromatic rings. The van der Waals surface area contributed by atoms with Crippen LogP contribution in [0.3, 0.4) is 0 Å². The number of rotatable bonds is 5. The van der Waals surface area contributed by atoms with Crippen molar-refractivity contribution < 1.29 is 4.74 Å². The molecule has 2 unspecified atom stereocenters. The summed E-state index contributed by atoms with van der Waals surface area (Å²) in [7, 11) is 0. The Balaban J connectivity index is 1.68. The average molecular weight is 362 g/mol. The van der Waals surface area contributed by atoms with Gasteiger partial charge in [-0.1, -0.05) is 78.5 Å². The Morgan fingerprint density at radius 3 is 2.46 bits per heavy atom. The second-order valence-electron chi connectivity index (χ2n) is 6.28. The molecule has 1 fully saturated rings. The van der Waals surface area contributed by atoms with E-state index in [-0.39, 0.29) is 11.4 Å². The molecule has 1 N–H and O–H groups in total. The first kappa shape index (κ1) is 17.3. The highest BCUT2D eigenvalue weighted by Crippen LogP contribution is 2.42. The zero-order chi connectivity index (χ0) is 17.6. The standard InChI is InChI=1S/C22H22N2OS/c1-3-8-17(9-4-1)19-12-7-13-24-22(19)26-21(18-10-5-2-6-11-18)20-16-23-14-15-25-20/h1-13,20-21,23H,14-16H2. The number of pyridine rings is 1. The van der Waals surface area contributed by atoms with Crippen LogP contribution in [0, 0.1) is 0 Å². The van der Waals surface area contributed by atoms with Gasteiger partial charge in [0.05, 0.1) is 18.0 Å². The third-order valence-electron chi connectivity index (χ3n) is 4.52. The van der Waals surface area contributed by atoms with E-state index in [4.69, 9.17) is 9.72 Å². The van der Waals surface area contributed by atoms with E-state index in [0.29, 0.717) is 0 Å². The van der Waals surface area contributed by atoms with Gasteiger partial charge in [-0.05, 0) is 17.2 Å². The predicted molar refractivity (Wildman–Crippen MR) is 107 cm³/mol. The fourth-order valence-corrected chi connectivity index (χ4v) is 4.52. The van der Waals surface area contributed by atoms with Gasteiger partial charge >= 0.3 is 0 Å². The van der Waals surface area contributed by atoms with Crippen LogP contribution in [0.2, 0.25) is 0 Å². The monoisotopic (exact) mass is 362 g/mol. The van der Waals surface area contributed by atoms with Crippen LogP contribution in [0.1, 0.15) is 10.8 Å². The van der Waals surface area contributed by atoms with E-state index in [1.165, 1.54) is 16.7 Å². The molecule has 1 aliphatic rings. The summed E-state index contributed by atoms with van der Waals surface area (Å²) < 4.78 is 6.10. The topological polar surface area (TPSA) is 34.2 Å². The Kier molecular flexibility index (Phi) is 5.65. The number of benzene rings is 2. The molecule has 1 aliphatic heterocycles. The van der Waals surface area contributed by atoms with Crippen molar-refractivity contribution in [1.82, 2.24) is 10.3 Å². The highest BCUT2D eigenvalue weighted by Gasteiger charge is 2.28. The number of morpholine rings is 1. The molecule has 132 valence electrons. The van der Waals surface area contributed by atoms with Crippen molar-refractivity contribution >= 4 is 11.8 Å². The van der Waals surface area contributed by atoms with Gasteiger partial charge in [0.25, 0.3) is 0 Å². The quantitative estimate of drug-likeness (QED) is 0.674. The largest absolute Gasteiger partial charge is 0.374 e. The molecule has 0 amide bonds. The molecule has 0 radical (unpaired) electrons. The Hall–Kier alpha value is -2.14. The van der Waals surface area contributed by atoms with E-state index in [1.807, 2.05) is 18.3 Å². The van der Waals surface area contributed by atoms with Gasteiger partial charge in [0.1, 0.15) is 5.03 Å². The Labute approximate surface area is 158 Å². The SMILES string of the molecule is c1ccc(-c2cccnc2SC(c2ccccc2)C2CNCCO2)cc1. The summed E-state index contributed by atoms with van der Waals surface area (Å²) in [6, 6.07) is 25.2. The molecular weight excluding hydrogens is 340 g/mol. The van der Waals surface area contributed by atoms with Crippen LogP contribution in [-0.2, 0) is 4.74 Å². The first-order valence-electron chi connectivity index (χ1n) is 8.96. The third kappa shape index (κ3) is 3.98. The van der Waals surface area contributed by atoms with Crippen molar-refractivity contribution in [2.75, 3.05) is 19.7 Å². The van der Waals surface area contributed by atoms with Crippen molar-refractivity contribution in [3.05, 3.63) is 84.6 Å². The van der Waals surface area contributed by atoms with Gasteiger partial charge in [0.15, 0.2) is 0 Å². The molecule has 4 rings (SSSR count). The number of aromatic nitrogens is 1. The molecule has 0 aliphatic carbocycles. The van der Waals surface area contributed by atoms with Crippen LogP contribution < -0.4 is 5.32 Å².